The smallest absolute Gasteiger partial charge is 0.422 e. The second kappa shape index (κ2) is 9.72. The van der Waals surface area contributed by atoms with Gasteiger partial charge in [-0.25, -0.2) is 0 Å². The maximum atomic E-state index is 13.3. The third-order valence-corrected chi connectivity index (χ3v) is 6.12. The summed E-state index contributed by atoms with van der Waals surface area (Å²) in [7, 11) is 0. The first-order valence-electron chi connectivity index (χ1n) is 10.4. The van der Waals surface area contributed by atoms with Crippen molar-refractivity contribution in [3.05, 3.63) is 65.2 Å². The molecule has 4 rings (SSSR count). The van der Waals surface area contributed by atoms with Crippen LogP contribution < -0.4 is 10.1 Å². The number of hydrogen-bond acceptors (Lipinski definition) is 3. The molecule has 3 atom stereocenters. The van der Waals surface area contributed by atoms with Gasteiger partial charge in [-0.1, -0.05) is 30.3 Å². The maximum Gasteiger partial charge on any atom is 0.422 e. The van der Waals surface area contributed by atoms with E-state index in [2.05, 4.69) is 5.32 Å². The van der Waals surface area contributed by atoms with Gasteiger partial charge < -0.3 is 14.8 Å². The predicted molar refractivity (Wildman–Crippen MR) is 113 cm³/mol. The summed E-state index contributed by atoms with van der Waals surface area (Å²) in [5.41, 5.74) is -0.474. The van der Waals surface area contributed by atoms with E-state index in [9.17, 15) is 26.3 Å². The molecule has 2 heterocycles. The molecule has 2 fully saturated rings. The van der Waals surface area contributed by atoms with Crippen molar-refractivity contribution in [2.45, 2.75) is 49.2 Å². The molecule has 2 aliphatic heterocycles. The lowest BCUT2D eigenvalue weighted by atomic mass is 9.76. The second-order valence-electron chi connectivity index (χ2n) is 8.33. The Kier molecular flexibility index (Phi) is 7.55. The minimum atomic E-state index is -4.62. The van der Waals surface area contributed by atoms with Gasteiger partial charge in [0.25, 0.3) is 0 Å². The number of benzene rings is 2. The van der Waals surface area contributed by atoms with Gasteiger partial charge >= 0.3 is 12.4 Å². The molecule has 0 saturated carbocycles. The Morgan fingerprint density at radius 1 is 1.03 bits per heavy atom. The highest BCUT2D eigenvalue weighted by Gasteiger charge is 2.49. The van der Waals surface area contributed by atoms with E-state index in [1.807, 2.05) is 30.3 Å². The SMILES string of the molecule is Cl.FC(F)(F)COc1ccc(C(F)(F)F)cc1[C@H]1CO[C@]2(CCCN[C@H]2c2ccccc2)C1. The van der Waals surface area contributed by atoms with Crippen molar-refractivity contribution in [2.75, 3.05) is 19.8 Å². The Labute approximate surface area is 193 Å². The van der Waals surface area contributed by atoms with Crippen LogP contribution in [0.2, 0.25) is 0 Å². The van der Waals surface area contributed by atoms with Gasteiger partial charge in [-0.2, -0.15) is 26.3 Å². The Balaban J connectivity index is 0.00000306. The average molecular weight is 496 g/mol. The molecule has 3 nitrogen and oxygen atoms in total. The van der Waals surface area contributed by atoms with Crippen LogP contribution >= 0.6 is 12.4 Å². The Morgan fingerprint density at radius 3 is 2.42 bits per heavy atom. The zero-order valence-corrected chi connectivity index (χ0v) is 18.3. The molecule has 2 aromatic carbocycles. The average Bonchev–Trinajstić information content (AvgIpc) is 3.16. The van der Waals surface area contributed by atoms with Gasteiger partial charge in [-0.15, -0.1) is 12.4 Å². The van der Waals surface area contributed by atoms with Crippen LogP contribution in [0.4, 0.5) is 26.3 Å². The number of ether oxygens (including phenoxy) is 2. The van der Waals surface area contributed by atoms with Crippen molar-refractivity contribution in [3.63, 3.8) is 0 Å². The summed E-state index contributed by atoms with van der Waals surface area (Å²) >= 11 is 0. The second-order valence-corrected chi connectivity index (χ2v) is 8.33. The zero-order chi connectivity index (χ0) is 23.0. The van der Waals surface area contributed by atoms with E-state index in [0.29, 0.717) is 12.8 Å². The van der Waals surface area contributed by atoms with Crippen molar-refractivity contribution < 1.29 is 35.8 Å². The number of nitrogens with one attached hydrogen (secondary N) is 1. The maximum absolute atomic E-state index is 13.3. The molecule has 0 unspecified atom stereocenters. The molecule has 1 spiro atoms. The molecule has 0 bridgehead atoms. The number of rotatable bonds is 4. The lowest BCUT2D eigenvalue weighted by Gasteiger charge is -2.41. The quantitative estimate of drug-likeness (QED) is 0.495. The van der Waals surface area contributed by atoms with Crippen LogP contribution in [0.1, 0.15) is 47.9 Å². The molecular formula is C23H24ClF6NO2. The van der Waals surface area contributed by atoms with E-state index in [4.69, 9.17) is 9.47 Å². The molecule has 2 aliphatic rings. The van der Waals surface area contributed by atoms with Gasteiger partial charge in [0.2, 0.25) is 0 Å². The minimum Gasteiger partial charge on any atom is -0.484 e. The Hall–Kier alpha value is -1.97. The fourth-order valence-electron chi connectivity index (χ4n) is 4.74. The summed E-state index contributed by atoms with van der Waals surface area (Å²) in [6.07, 6.45) is -7.31. The van der Waals surface area contributed by atoms with Crippen LogP contribution in [0, 0.1) is 0 Å². The molecule has 33 heavy (non-hydrogen) atoms. The van der Waals surface area contributed by atoms with Crippen molar-refractivity contribution >= 4 is 12.4 Å². The van der Waals surface area contributed by atoms with E-state index in [1.165, 1.54) is 0 Å². The van der Waals surface area contributed by atoms with Crippen LogP contribution in [0.3, 0.4) is 0 Å². The number of piperidine rings is 1. The molecule has 182 valence electrons. The van der Waals surface area contributed by atoms with Crippen LogP contribution in [0.25, 0.3) is 0 Å². The molecule has 10 heteroatoms. The molecule has 2 saturated heterocycles. The number of halogens is 7. The molecule has 0 radical (unpaired) electrons. The van der Waals surface area contributed by atoms with E-state index in [0.717, 1.165) is 36.7 Å². The molecule has 1 N–H and O–H groups in total. The van der Waals surface area contributed by atoms with E-state index in [1.54, 1.807) is 0 Å². The van der Waals surface area contributed by atoms with E-state index in [-0.39, 0.29) is 36.4 Å². The van der Waals surface area contributed by atoms with E-state index >= 15 is 0 Å². The Bertz CT molecular complexity index is 937. The first-order chi connectivity index (χ1) is 15.1. The molecular weight excluding hydrogens is 472 g/mol. The lowest BCUT2D eigenvalue weighted by molar-refractivity contribution is -0.153. The molecule has 0 aliphatic carbocycles. The fraction of sp³-hybridized carbons (Fsp3) is 0.478. The largest absolute Gasteiger partial charge is 0.484 e. The van der Waals surface area contributed by atoms with Crippen molar-refractivity contribution in [2.24, 2.45) is 0 Å². The minimum absolute atomic E-state index is 0. The normalized spacial score (nSPS) is 25.6. The first-order valence-corrected chi connectivity index (χ1v) is 10.4. The summed E-state index contributed by atoms with van der Waals surface area (Å²) in [5, 5.41) is 3.45. The highest BCUT2D eigenvalue weighted by Crippen LogP contribution is 2.50. The van der Waals surface area contributed by atoms with Crippen LogP contribution in [-0.2, 0) is 10.9 Å². The van der Waals surface area contributed by atoms with Crippen LogP contribution in [0.5, 0.6) is 5.75 Å². The third kappa shape index (κ3) is 5.75. The lowest BCUT2D eigenvalue weighted by Crippen LogP contribution is -2.48. The van der Waals surface area contributed by atoms with Gasteiger partial charge in [0.1, 0.15) is 5.75 Å². The van der Waals surface area contributed by atoms with E-state index < -0.39 is 36.0 Å². The Morgan fingerprint density at radius 2 is 1.76 bits per heavy atom. The van der Waals surface area contributed by atoms with Crippen LogP contribution in [0.15, 0.2) is 48.5 Å². The zero-order valence-electron chi connectivity index (χ0n) is 17.5. The van der Waals surface area contributed by atoms with Gasteiger partial charge in [-0.3, -0.25) is 0 Å². The first kappa shape index (κ1) is 25.6. The van der Waals surface area contributed by atoms with Gasteiger partial charge in [0.05, 0.1) is 23.8 Å². The molecule has 0 amide bonds. The molecule has 2 aromatic rings. The summed E-state index contributed by atoms with van der Waals surface area (Å²) in [6.45, 7) is -0.689. The topological polar surface area (TPSA) is 30.5 Å². The fourth-order valence-corrected chi connectivity index (χ4v) is 4.74. The van der Waals surface area contributed by atoms with Gasteiger partial charge in [-0.05, 0) is 49.6 Å². The molecule has 0 aromatic heterocycles. The van der Waals surface area contributed by atoms with Crippen molar-refractivity contribution in [1.29, 1.82) is 0 Å². The summed E-state index contributed by atoms with van der Waals surface area (Å²) in [6, 6.07) is 12.1. The summed E-state index contributed by atoms with van der Waals surface area (Å²) < 4.78 is 89.2. The van der Waals surface area contributed by atoms with Gasteiger partial charge in [0.15, 0.2) is 6.61 Å². The highest BCUT2D eigenvalue weighted by atomic mass is 35.5. The standard InChI is InChI=1S/C23H23F6NO2.ClH/c24-22(25,26)14-31-19-8-7-17(23(27,28)29)11-18(19)16-12-21(32-13-16)9-4-10-30-20(21)15-5-2-1-3-6-15;/h1-3,5-8,11,16,20,30H,4,9-10,12-14H2;1H/t16-,20+,21-;/m1./s1. The number of hydrogen-bond donors (Lipinski definition) is 1. The number of alkyl halides is 6. The predicted octanol–water partition coefficient (Wildman–Crippen LogP) is 6.44. The van der Waals surface area contributed by atoms with Crippen molar-refractivity contribution in [3.8, 4) is 5.75 Å². The van der Waals surface area contributed by atoms with Crippen LogP contribution in [-0.4, -0.2) is 31.5 Å². The highest BCUT2D eigenvalue weighted by molar-refractivity contribution is 5.85. The van der Waals surface area contributed by atoms with Gasteiger partial charge in [0, 0.05) is 11.5 Å². The monoisotopic (exact) mass is 495 g/mol. The van der Waals surface area contributed by atoms with Crippen molar-refractivity contribution in [1.82, 2.24) is 5.32 Å². The summed E-state index contributed by atoms with van der Waals surface area (Å²) in [4.78, 5) is 0. The third-order valence-electron chi connectivity index (χ3n) is 6.12. The summed E-state index contributed by atoms with van der Waals surface area (Å²) in [5.74, 6) is -0.715.